The molecule has 1 rings (SSSR count). The maximum Gasteiger partial charge on any atom is 0.329 e. The summed E-state index contributed by atoms with van der Waals surface area (Å²) in [4.78, 5) is 24.8. The number of carboxylic acids is 1. The third-order valence-corrected chi connectivity index (χ3v) is 3.57. The fourth-order valence-corrected chi connectivity index (χ4v) is 2.29. The highest BCUT2D eigenvalue weighted by Crippen LogP contribution is 2.17. The summed E-state index contributed by atoms with van der Waals surface area (Å²) in [7, 11) is 0. The number of ether oxygens (including phenoxy) is 1. The zero-order valence-corrected chi connectivity index (χ0v) is 12.1. The molecule has 1 heterocycles. The number of hydrogen-bond acceptors (Lipinski definition) is 3. The third kappa shape index (κ3) is 3.83. The molecule has 0 aliphatic carbocycles. The molecule has 6 nitrogen and oxygen atoms in total. The highest BCUT2D eigenvalue weighted by Gasteiger charge is 2.37. The fraction of sp³-hybridized carbons (Fsp3) is 0.846. The molecule has 2 unspecified atom stereocenters. The van der Waals surface area contributed by atoms with Gasteiger partial charge in [0.25, 0.3) is 0 Å². The Morgan fingerprint density at radius 2 is 2.11 bits per heavy atom. The first-order valence-electron chi connectivity index (χ1n) is 6.72. The molecule has 1 fully saturated rings. The average molecular weight is 272 g/mol. The van der Waals surface area contributed by atoms with E-state index in [0.29, 0.717) is 13.2 Å². The van der Waals surface area contributed by atoms with E-state index in [0.717, 1.165) is 12.8 Å². The van der Waals surface area contributed by atoms with E-state index in [1.54, 1.807) is 6.92 Å². The smallest absolute Gasteiger partial charge is 0.329 e. The first kappa shape index (κ1) is 15.8. The Morgan fingerprint density at radius 1 is 1.47 bits per heavy atom. The van der Waals surface area contributed by atoms with E-state index < -0.39 is 11.5 Å². The minimum atomic E-state index is -1.21. The summed E-state index contributed by atoms with van der Waals surface area (Å²) in [5.74, 6) is -1.01. The minimum Gasteiger partial charge on any atom is -0.480 e. The molecule has 1 saturated heterocycles. The molecule has 0 radical (unpaired) electrons. The number of nitrogens with zero attached hydrogens (tertiary/aromatic N) is 1. The zero-order valence-electron chi connectivity index (χ0n) is 12.1. The van der Waals surface area contributed by atoms with Gasteiger partial charge in [-0.15, -0.1) is 0 Å². The van der Waals surface area contributed by atoms with Crippen molar-refractivity contribution in [2.24, 2.45) is 0 Å². The first-order valence-corrected chi connectivity index (χ1v) is 6.72. The molecule has 0 saturated carbocycles. The van der Waals surface area contributed by atoms with E-state index in [9.17, 15) is 14.7 Å². The van der Waals surface area contributed by atoms with Crippen molar-refractivity contribution in [2.45, 2.75) is 58.2 Å². The highest BCUT2D eigenvalue weighted by molar-refractivity contribution is 5.85. The lowest BCUT2D eigenvalue weighted by Crippen LogP contribution is -2.58. The summed E-state index contributed by atoms with van der Waals surface area (Å²) < 4.78 is 5.42. The van der Waals surface area contributed by atoms with Gasteiger partial charge in [0.05, 0.1) is 6.10 Å². The van der Waals surface area contributed by atoms with Gasteiger partial charge in [0.1, 0.15) is 5.54 Å². The Balaban J connectivity index is 2.66. The lowest BCUT2D eigenvalue weighted by atomic mass is 10.0. The monoisotopic (exact) mass is 272 g/mol. The highest BCUT2D eigenvalue weighted by atomic mass is 16.5. The number of aliphatic carboxylic acids is 1. The summed E-state index contributed by atoms with van der Waals surface area (Å²) in [5, 5.41) is 12.1. The van der Waals surface area contributed by atoms with Crippen LogP contribution in [0.3, 0.4) is 0 Å². The Morgan fingerprint density at radius 3 is 2.58 bits per heavy atom. The van der Waals surface area contributed by atoms with Crippen LogP contribution in [0, 0.1) is 0 Å². The van der Waals surface area contributed by atoms with Crippen LogP contribution < -0.4 is 5.32 Å². The van der Waals surface area contributed by atoms with Crippen LogP contribution in [0.25, 0.3) is 0 Å². The summed E-state index contributed by atoms with van der Waals surface area (Å²) in [5.41, 5.74) is -1.21. The molecule has 19 heavy (non-hydrogen) atoms. The van der Waals surface area contributed by atoms with Gasteiger partial charge >= 0.3 is 12.0 Å². The number of hydrogen-bond donors (Lipinski definition) is 2. The number of likely N-dealkylation sites (N-methyl/N-ethyl adjacent to an activating group) is 1. The number of amides is 2. The predicted octanol–water partition coefficient (Wildman–Crippen LogP) is 1.45. The molecule has 110 valence electrons. The van der Waals surface area contributed by atoms with E-state index >= 15 is 0 Å². The van der Waals surface area contributed by atoms with E-state index in [4.69, 9.17) is 4.74 Å². The summed E-state index contributed by atoms with van der Waals surface area (Å²) in [6.45, 7) is 7.79. The maximum atomic E-state index is 12.2. The van der Waals surface area contributed by atoms with E-state index in [2.05, 4.69) is 5.32 Å². The third-order valence-electron chi connectivity index (χ3n) is 3.57. The largest absolute Gasteiger partial charge is 0.480 e. The van der Waals surface area contributed by atoms with Crippen molar-refractivity contribution in [3.63, 3.8) is 0 Å². The fourth-order valence-electron chi connectivity index (χ4n) is 2.29. The quantitative estimate of drug-likeness (QED) is 0.812. The average Bonchev–Trinajstić information content (AvgIpc) is 2.29. The van der Waals surface area contributed by atoms with Gasteiger partial charge in [-0.1, -0.05) is 0 Å². The number of carbonyl (C=O) groups excluding carboxylic acids is 1. The Bertz CT molecular complexity index is 344. The molecule has 0 spiro atoms. The van der Waals surface area contributed by atoms with Gasteiger partial charge in [0, 0.05) is 19.2 Å². The number of carboxylic acid groups (broad SMARTS) is 1. The predicted molar refractivity (Wildman–Crippen MR) is 71.1 cm³/mol. The van der Waals surface area contributed by atoms with Crippen molar-refractivity contribution in [3.8, 4) is 0 Å². The molecule has 2 atom stereocenters. The van der Waals surface area contributed by atoms with Crippen molar-refractivity contribution >= 4 is 12.0 Å². The second-order valence-electron chi connectivity index (χ2n) is 5.46. The molecular formula is C13H24N2O4. The number of nitrogens with one attached hydrogen (secondary N) is 1. The van der Waals surface area contributed by atoms with Crippen molar-refractivity contribution in [3.05, 3.63) is 0 Å². The van der Waals surface area contributed by atoms with Crippen LogP contribution in [-0.2, 0) is 9.53 Å². The molecule has 6 heteroatoms. The molecule has 1 aliphatic heterocycles. The molecule has 0 aromatic carbocycles. The van der Waals surface area contributed by atoms with Crippen LogP contribution in [0.15, 0.2) is 0 Å². The number of carbonyl (C=O) groups is 2. The van der Waals surface area contributed by atoms with Crippen LogP contribution in [0.1, 0.15) is 40.5 Å². The lowest BCUT2D eigenvalue weighted by molar-refractivity contribution is -0.147. The molecule has 0 aromatic heterocycles. The number of urea groups is 1. The van der Waals surface area contributed by atoms with Crippen molar-refractivity contribution in [1.82, 2.24) is 10.2 Å². The normalized spacial score (nSPS) is 23.8. The van der Waals surface area contributed by atoms with Gasteiger partial charge in [-0.3, -0.25) is 0 Å². The van der Waals surface area contributed by atoms with Crippen molar-refractivity contribution in [2.75, 3.05) is 13.2 Å². The Kier molecular flexibility index (Phi) is 5.17. The standard InChI is InChI=1S/C13H24N2O4/c1-5-15(13(3,4)11(16)17)12(18)14-10-6-7-19-9(2)8-10/h9-10H,5-8H2,1-4H3,(H,14,18)(H,16,17). The SMILES string of the molecule is CCN(C(=O)NC1CCOC(C)C1)C(C)(C)C(=O)O. The van der Waals surface area contributed by atoms with Gasteiger partial charge in [-0.2, -0.15) is 0 Å². The second-order valence-corrected chi connectivity index (χ2v) is 5.46. The van der Waals surface area contributed by atoms with Gasteiger partial charge in [-0.25, -0.2) is 9.59 Å². The molecule has 2 amide bonds. The molecule has 0 aromatic rings. The van der Waals surface area contributed by atoms with Crippen LogP contribution in [0.2, 0.25) is 0 Å². The Labute approximate surface area is 114 Å². The van der Waals surface area contributed by atoms with E-state index in [-0.39, 0.29) is 18.2 Å². The van der Waals surface area contributed by atoms with Crippen LogP contribution in [0.5, 0.6) is 0 Å². The molecule has 2 N–H and O–H groups in total. The topological polar surface area (TPSA) is 78.9 Å². The molecule has 1 aliphatic rings. The van der Waals surface area contributed by atoms with Crippen molar-refractivity contribution in [1.29, 1.82) is 0 Å². The lowest BCUT2D eigenvalue weighted by Gasteiger charge is -2.36. The van der Waals surface area contributed by atoms with E-state index in [1.807, 2.05) is 6.92 Å². The van der Waals surface area contributed by atoms with Crippen LogP contribution in [-0.4, -0.2) is 52.8 Å². The van der Waals surface area contributed by atoms with Gasteiger partial charge in [-0.05, 0) is 40.5 Å². The maximum absolute atomic E-state index is 12.2. The summed E-state index contributed by atoms with van der Waals surface area (Å²) >= 11 is 0. The van der Waals surface area contributed by atoms with Crippen molar-refractivity contribution < 1.29 is 19.4 Å². The Hall–Kier alpha value is -1.30. The van der Waals surface area contributed by atoms with Gasteiger partial charge in [0.15, 0.2) is 0 Å². The zero-order chi connectivity index (χ0) is 14.6. The van der Waals surface area contributed by atoms with Crippen LogP contribution in [0.4, 0.5) is 4.79 Å². The van der Waals surface area contributed by atoms with Gasteiger partial charge < -0.3 is 20.1 Å². The minimum absolute atomic E-state index is 0.0508. The van der Waals surface area contributed by atoms with Crippen LogP contribution >= 0.6 is 0 Å². The second kappa shape index (κ2) is 6.23. The number of rotatable bonds is 4. The summed E-state index contributed by atoms with van der Waals surface area (Å²) in [6.07, 6.45) is 1.65. The summed E-state index contributed by atoms with van der Waals surface area (Å²) in [6, 6.07) is -0.274. The molecular weight excluding hydrogens is 248 g/mol. The van der Waals surface area contributed by atoms with Gasteiger partial charge in [0.2, 0.25) is 0 Å². The first-order chi connectivity index (χ1) is 8.78. The van der Waals surface area contributed by atoms with E-state index in [1.165, 1.54) is 18.7 Å². The molecule has 0 bridgehead atoms.